The van der Waals surface area contributed by atoms with Crippen molar-refractivity contribution in [2.75, 3.05) is 0 Å². The zero-order valence-corrected chi connectivity index (χ0v) is 22.4. The quantitative estimate of drug-likeness (QED) is 0.386. The molecule has 0 amide bonds. The lowest BCUT2D eigenvalue weighted by Crippen LogP contribution is -2.65. The molecule has 5 aliphatic carbocycles. The molecule has 0 N–H and O–H groups in total. The van der Waals surface area contributed by atoms with Crippen LogP contribution >= 0.6 is 0 Å². The minimum absolute atomic E-state index is 0.452. The Balaban J connectivity index is 1.50. The Bertz CT molecular complexity index is 788. The molecule has 32 heavy (non-hydrogen) atoms. The van der Waals surface area contributed by atoms with E-state index in [4.69, 9.17) is 0 Å². The van der Waals surface area contributed by atoms with Crippen molar-refractivity contribution in [1.29, 1.82) is 0 Å². The lowest BCUT2D eigenvalue weighted by atomic mass is 9.32. The van der Waals surface area contributed by atoms with Gasteiger partial charge in [0.05, 0.1) is 0 Å². The molecule has 0 heteroatoms. The minimum Gasteiger partial charge on any atom is -0.103 e. The van der Waals surface area contributed by atoms with Gasteiger partial charge >= 0.3 is 0 Å². The summed E-state index contributed by atoms with van der Waals surface area (Å²) in [6.45, 7) is 24.6. The van der Waals surface area contributed by atoms with Gasteiger partial charge in [-0.05, 0) is 134 Å². The zero-order chi connectivity index (χ0) is 23.2. The lowest BCUT2D eigenvalue weighted by Gasteiger charge is -2.73. The maximum atomic E-state index is 4.57. The molecular weight excluding hydrogens is 384 g/mol. The Hall–Kier alpha value is -0.520. The fraction of sp³-hybridized carbons (Fsp3) is 0.875. The topological polar surface area (TPSA) is 0 Å². The predicted octanol–water partition coefficient (Wildman–Crippen LogP) is 9.61. The number of fused-ring (bicyclic) bond motifs is 7. The predicted molar refractivity (Wildman–Crippen MR) is 138 cm³/mol. The van der Waals surface area contributed by atoms with Crippen LogP contribution in [0.4, 0.5) is 0 Å². The Morgan fingerprint density at radius 3 is 2.22 bits per heavy atom. The molecular formula is C32H52. The summed E-state index contributed by atoms with van der Waals surface area (Å²) in [5.74, 6) is 4.48. The SMILES string of the molecule is C=CCC1CC[C@@]2(C)C(CC[C@]3(C)C2CC[C@@H]2C4CCC[C@]4(C(=C)C)CC[C@]23C)C1(C)C. The third kappa shape index (κ3) is 2.68. The fourth-order valence-corrected chi connectivity index (χ4v) is 12.0. The van der Waals surface area contributed by atoms with E-state index < -0.39 is 0 Å². The Morgan fingerprint density at radius 1 is 0.781 bits per heavy atom. The highest BCUT2D eigenvalue weighted by Gasteiger charge is 2.69. The fourth-order valence-electron chi connectivity index (χ4n) is 12.0. The standard InChI is InChI=1S/C32H52/c1-9-11-23-15-18-29(6)26(28(23,4)5)16-19-31(8)27(29)14-13-24-25-12-10-17-32(25,22(2)3)21-20-30(24,31)7/h9,23-27H,1-2,10-21H2,3-8H3/t23?,24-,25?,26?,27?,29+,30-,31-,32-/m1/s1. The second-order valence-corrected chi connectivity index (χ2v) is 14.7. The van der Waals surface area contributed by atoms with Crippen LogP contribution in [-0.2, 0) is 0 Å². The van der Waals surface area contributed by atoms with Crippen LogP contribution in [0.25, 0.3) is 0 Å². The molecule has 0 nitrogen and oxygen atoms in total. The van der Waals surface area contributed by atoms with Gasteiger partial charge < -0.3 is 0 Å². The first-order valence-electron chi connectivity index (χ1n) is 14.2. The highest BCUT2D eigenvalue weighted by molar-refractivity contribution is 5.23. The third-order valence-corrected chi connectivity index (χ3v) is 13.9. The molecule has 0 radical (unpaired) electrons. The highest BCUT2D eigenvalue weighted by atomic mass is 14.7. The van der Waals surface area contributed by atoms with Gasteiger partial charge in [-0.2, -0.15) is 0 Å². The van der Waals surface area contributed by atoms with E-state index in [0.717, 1.165) is 29.6 Å². The Morgan fingerprint density at radius 2 is 1.53 bits per heavy atom. The van der Waals surface area contributed by atoms with E-state index in [1.807, 2.05) is 0 Å². The molecule has 0 aliphatic heterocycles. The van der Waals surface area contributed by atoms with Crippen LogP contribution in [-0.4, -0.2) is 0 Å². The summed E-state index contributed by atoms with van der Waals surface area (Å²) in [6.07, 6.45) is 19.4. The first kappa shape index (κ1) is 23.2. The summed E-state index contributed by atoms with van der Waals surface area (Å²) in [6, 6.07) is 0. The summed E-state index contributed by atoms with van der Waals surface area (Å²) in [4.78, 5) is 0. The normalized spacial score (nSPS) is 54.0. The Kier molecular flexibility index (Phi) is 5.26. The molecule has 5 aliphatic rings. The van der Waals surface area contributed by atoms with E-state index in [2.05, 4.69) is 60.8 Å². The molecule has 180 valence electrons. The van der Waals surface area contributed by atoms with Crippen molar-refractivity contribution in [3.05, 3.63) is 24.8 Å². The maximum absolute atomic E-state index is 4.57. The van der Waals surface area contributed by atoms with Crippen LogP contribution in [0.1, 0.15) is 119 Å². The van der Waals surface area contributed by atoms with Gasteiger partial charge in [-0.25, -0.2) is 0 Å². The van der Waals surface area contributed by atoms with Crippen molar-refractivity contribution in [2.24, 2.45) is 56.7 Å². The van der Waals surface area contributed by atoms with Crippen molar-refractivity contribution >= 4 is 0 Å². The van der Waals surface area contributed by atoms with Gasteiger partial charge in [0.2, 0.25) is 0 Å². The van der Waals surface area contributed by atoms with Crippen molar-refractivity contribution in [2.45, 2.75) is 119 Å². The number of hydrogen-bond acceptors (Lipinski definition) is 0. The summed E-state index contributed by atoms with van der Waals surface area (Å²) in [7, 11) is 0. The van der Waals surface area contributed by atoms with Gasteiger partial charge in [0.1, 0.15) is 0 Å². The monoisotopic (exact) mass is 436 g/mol. The highest BCUT2D eigenvalue weighted by Crippen LogP contribution is 2.77. The van der Waals surface area contributed by atoms with Crippen molar-refractivity contribution in [3.63, 3.8) is 0 Å². The number of hydrogen-bond donors (Lipinski definition) is 0. The zero-order valence-electron chi connectivity index (χ0n) is 22.4. The summed E-state index contributed by atoms with van der Waals surface area (Å²) in [5.41, 5.74) is 4.03. The van der Waals surface area contributed by atoms with Gasteiger partial charge in [0, 0.05) is 0 Å². The molecule has 0 aromatic heterocycles. The van der Waals surface area contributed by atoms with E-state index in [-0.39, 0.29) is 0 Å². The molecule has 5 fully saturated rings. The first-order chi connectivity index (χ1) is 15.0. The van der Waals surface area contributed by atoms with Crippen LogP contribution in [0.2, 0.25) is 0 Å². The van der Waals surface area contributed by atoms with Gasteiger partial charge in [0.25, 0.3) is 0 Å². The van der Waals surface area contributed by atoms with E-state index >= 15 is 0 Å². The van der Waals surface area contributed by atoms with Crippen molar-refractivity contribution < 1.29 is 0 Å². The van der Waals surface area contributed by atoms with Crippen LogP contribution in [0.5, 0.6) is 0 Å². The summed E-state index contributed by atoms with van der Waals surface area (Å²) >= 11 is 0. The number of allylic oxidation sites excluding steroid dienone is 2. The molecule has 5 rings (SSSR count). The average molecular weight is 437 g/mol. The lowest BCUT2D eigenvalue weighted by molar-refractivity contribution is -0.238. The van der Waals surface area contributed by atoms with Gasteiger partial charge in [0.15, 0.2) is 0 Å². The van der Waals surface area contributed by atoms with Crippen LogP contribution in [0.3, 0.4) is 0 Å². The molecule has 0 aromatic carbocycles. The molecule has 0 spiro atoms. The third-order valence-electron chi connectivity index (χ3n) is 13.9. The Labute approximate surface area is 200 Å². The average Bonchev–Trinajstić information content (AvgIpc) is 3.16. The molecule has 9 atom stereocenters. The van der Waals surface area contributed by atoms with E-state index in [9.17, 15) is 0 Å². The molecule has 0 heterocycles. The van der Waals surface area contributed by atoms with E-state index in [1.54, 1.807) is 0 Å². The van der Waals surface area contributed by atoms with Gasteiger partial charge in [-0.1, -0.05) is 59.3 Å². The van der Waals surface area contributed by atoms with E-state index in [1.165, 1.54) is 82.6 Å². The van der Waals surface area contributed by atoms with Crippen LogP contribution < -0.4 is 0 Å². The molecule has 0 bridgehead atoms. The van der Waals surface area contributed by atoms with Crippen LogP contribution in [0, 0.1) is 56.7 Å². The summed E-state index contributed by atoms with van der Waals surface area (Å²) < 4.78 is 0. The molecule has 0 aromatic rings. The van der Waals surface area contributed by atoms with E-state index in [0.29, 0.717) is 27.1 Å². The first-order valence-corrected chi connectivity index (χ1v) is 14.2. The maximum Gasteiger partial charge on any atom is -0.00622 e. The summed E-state index contributed by atoms with van der Waals surface area (Å²) in [5, 5.41) is 0. The molecule has 4 unspecified atom stereocenters. The van der Waals surface area contributed by atoms with Gasteiger partial charge in [-0.15, -0.1) is 6.58 Å². The smallest absolute Gasteiger partial charge is 0.00622 e. The number of rotatable bonds is 3. The second kappa shape index (κ2) is 7.24. The second-order valence-electron chi connectivity index (χ2n) is 14.7. The van der Waals surface area contributed by atoms with Crippen LogP contribution in [0.15, 0.2) is 24.8 Å². The molecule has 5 saturated carbocycles. The van der Waals surface area contributed by atoms with Gasteiger partial charge in [-0.3, -0.25) is 0 Å². The van der Waals surface area contributed by atoms with Crippen molar-refractivity contribution in [1.82, 2.24) is 0 Å². The van der Waals surface area contributed by atoms with Crippen molar-refractivity contribution in [3.8, 4) is 0 Å². The molecule has 0 saturated heterocycles. The largest absolute Gasteiger partial charge is 0.103 e. The minimum atomic E-state index is 0.452.